The molecule has 7 nitrogen and oxygen atoms in total. The highest BCUT2D eigenvalue weighted by Gasteiger charge is 2.26. The molecule has 0 radical (unpaired) electrons. The van der Waals surface area contributed by atoms with E-state index < -0.39 is 15.9 Å². The highest BCUT2D eigenvalue weighted by molar-refractivity contribution is 7.91. The van der Waals surface area contributed by atoms with Gasteiger partial charge in [0.05, 0.1) is 5.02 Å². The third-order valence-corrected chi connectivity index (χ3v) is 6.68. The molecule has 1 unspecified atom stereocenters. The van der Waals surface area contributed by atoms with Crippen molar-refractivity contribution in [3.8, 4) is 0 Å². The fraction of sp³-hybridized carbons (Fsp3) is 0.412. The van der Waals surface area contributed by atoms with E-state index >= 15 is 0 Å². The van der Waals surface area contributed by atoms with Gasteiger partial charge in [-0.3, -0.25) is 4.68 Å². The van der Waals surface area contributed by atoms with E-state index in [-0.39, 0.29) is 10.0 Å². The van der Waals surface area contributed by atoms with Gasteiger partial charge < -0.3 is 5.32 Å². The van der Waals surface area contributed by atoms with Crippen LogP contribution >= 0.6 is 11.6 Å². The van der Waals surface area contributed by atoms with E-state index in [2.05, 4.69) is 21.2 Å². The summed E-state index contributed by atoms with van der Waals surface area (Å²) in [5, 5.41) is 6.76. The lowest BCUT2D eigenvalue weighted by molar-refractivity contribution is 0.256. The molecular weight excluding hydrogens is 374 g/mol. The lowest BCUT2D eigenvalue weighted by Gasteiger charge is -2.17. The smallest absolute Gasteiger partial charge is 0.307 e. The Bertz CT molecular complexity index is 980. The Labute approximate surface area is 157 Å². The minimum Gasteiger partial charge on any atom is -0.307 e. The first kappa shape index (κ1) is 17.4. The zero-order valence-corrected chi connectivity index (χ0v) is 16.0. The highest BCUT2D eigenvalue weighted by Crippen LogP contribution is 2.38. The molecule has 0 saturated heterocycles. The molecule has 1 aromatic carbocycles. The fourth-order valence-corrected chi connectivity index (χ4v) is 5.40. The number of amides is 2. The number of aryl methyl sites for hydroxylation is 3. The maximum absolute atomic E-state index is 12.6. The molecule has 0 spiro atoms. The number of urea groups is 1. The average molecular weight is 394 g/mol. The molecule has 2 aliphatic rings. The van der Waals surface area contributed by atoms with E-state index in [0.717, 1.165) is 44.2 Å². The molecule has 138 valence electrons. The van der Waals surface area contributed by atoms with Gasteiger partial charge in [-0.1, -0.05) is 17.7 Å². The molecule has 2 amide bonds. The van der Waals surface area contributed by atoms with E-state index in [0.29, 0.717) is 0 Å². The van der Waals surface area contributed by atoms with Crippen molar-refractivity contribution in [1.29, 1.82) is 4.78 Å². The number of halogens is 1. The first-order chi connectivity index (χ1) is 12.3. The quantitative estimate of drug-likeness (QED) is 0.746. The molecule has 3 N–H and O–H groups in total. The number of hydrogen-bond donors (Lipinski definition) is 3. The number of fused-ring (bicyclic) bond motifs is 2. The minimum absolute atomic E-state index is 0.0919. The number of rotatable bonds is 3. The van der Waals surface area contributed by atoms with Crippen LogP contribution in [0, 0.1) is 4.78 Å². The number of nitrogens with zero attached hydrogens (tertiary/aromatic N) is 2. The van der Waals surface area contributed by atoms with Crippen LogP contribution in [-0.2, 0) is 42.6 Å². The van der Waals surface area contributed by atoms with Gasteiger partial charge in [0.25, 0.3) is 0 Å². The summed E-state index contributed by atoms with van der Waals surface area (Å²) in [5.74, 6) is 0. The summed E-state index contributed by atoms with van der Waals surface area (Å²) in [4.78, 5) is 12.5. The highest BCUT2D eigenvalue weighted by atomic mass is 35.5. The molecule has 0 fully saturated rings. The monoisotopic (exact) mass is 393 g/mol. The Morgan fingerprint density at radius 3 is 2.38 bits per heavy atom. The summed E-state index contributed by atoms with van der Waals surface area (Å²) < 4.78 is 24.2. The van der Waals surface area contributed by atoms with Gasteiger partial charge in [0.2, 0.25) is 0 Å². The summed E-state index contributed by atoms with van der Waals surface area (Å²) in [7, 11) is -2.03. The van der Waals surface area contributed by atoms with Gasteiger partial charge in [-0.2, -0.15) is 5.10 Å². The summed E-state index contributed by atoms with van der Waals surface area (Å²) in [6.45, 7) is 0. The zero-order chi connectivity index (χ0) is 18.5. The van der Waals surface area contributed by atoms with Crippen LogP contribution in [0.25, 0.3) is 0 Å². The second kappa shape index (κ2) is 6.28. The molecule has 0 bridgehead atoms. The second-order valence-corrected chi connectivity index (χ2v) is 8.91. The lowest BCUT2D eigenvalue weighted by Crippen LogP contribution is -2.34. The largest absolute Gasteiger partial charge is 0.332 e. The van der Waals surface area contributed by atoms with Crippen LogP contribution in [-0.4, -0.2) is 20.0 Å². The third kappa shape index (κ3) is 2.97. The van der Waals surface area contributed by atoms with Crippen molar-refractivity contribution >= 4 is 33.2 Å². The zero-order valence-electron chi connectivity index (χ0n) is 14.4. The molecule has 4 rings (SSSR count). The number of hydrogen-bond acceptors (Lipinski definition) is 4. The van der Waals surface area contributed by atoms with Crippen molar-refractivity contribution in [3.05, 3.63) is 39.5 Å². The lowest BCUT2D eigenvalue weighted by atomic mass is 9.99. The number of benzene rings is 1. The molecule has 1 heterocycles. The van der Waals surface area contributed by atoms with Crippen LogP contribution < -0.4 is 10.0 Å². The van der Waals surface area contributed by atoms with Gasteiger partial charge in [0.1, 0.15) is 0 Å². The number of nitrogens with one attached hydrogen (secondary N) is 3. The fourth-order valence-electron chi connectivity index (χ4n) is 3.92. The van der Waals surface area contributed by atoms with E-state index in [1.165, 1.54) is 33.1 Å². The van der Waals surface area contributed by atoms with Gasteiger partial charge in [0.15, 0.2) is 14.9 Å². The molecule has 26 heavy (non-hydrogen) atoms. The van der Waals surface area contributed by atoms with Crippen molar-refractivity contribution in [2.45, 2.75) is 43.6 Å². The first-order valence-electron chi connectivity index (χ1n) is 8.58. The maximum Gasteiger partial charge on any atom is 0.332 e. The standard InChI is InChI=1S/C17H20ClN5O2S/c1-23-9-14(18)16(21-23)26(19,25)22-17(24)20-15-12-6-2-4-10(12)8-11-5-3-7-13(11)15/h8-9H,2-7H2,1H3,(H3,19,20,22,24,25). The van der Waals surface area contributed by atoms with Gasteiger partial charge in [-0.05, 0) is 60.8 Å². The molecule has 1 aromatic heterocycles. The Morgan fingerprint density at radius 2 is 1.85 bits per heavy atom. The van der Waals surface area contributed by atoms with Crippen molar-refractivity contribution in [1.82, 2.24) is 14.5 Å². The van der Waals surface area contributed by atoms with Crippen LogP contribution in [0.4, 0.5) is 10.5 Å². The van der Waals surface area contributed by atoms with Crippen LogP contribution in [0.15, 0.2) is 17.3 Å². The number of aromatic nitrogens is 2. The van der Waals surface area contributed by atoms with Crippen LogP contribution in [0.1, 0.15) is 35.1 Å². The SMILES string of the molecule is Cn1cc(Cl)c(S(=N)(=O)NC(=O)Nc2c3c(cc4c2CCC4)CCC3)n1. The van der Waals surface area contributed by atoms with Gasteiger partial charge in [-0.25, -0.2) is 18.5 Å². The topological polar surface area (TPSA) is 99.9 Å². The van der Waals surface area contributed by atoms with Gasteiger partial charge in [-0.15, -0.1) is 0 Å². The predicted octanol–water partition coefficient (Wildman–Crippen LogP) is 3.19. The predicted molar refractivity (Wildman–Crippen MR) is 100.0 cm³/mol. The molecule has 1 atom stereocenters. The van der Waals surface area contributed by atoms with Gasteiger partial charge in [0, 0.05) is 18.9 Å². The normalized spacial score (nSPS) is 17.5. The third-order valence-electron chi connectivity index (χ3n) is 4.97. The minimum atomic E-state index is -3.64. The Balaban J connectivity index is 1.61. The van der Waals surface area contributed by atoms with Crippen LogP contribution in [0.2, 0.25) is 5.02 Å². The van der Waals surface area contributed by atoms with Crippen molar-refractivity contribution in [3.63, 3.8) is 0 Å². The number of carbonyl (C=O) groups excluding carboxylic acids is 1. The molecule has 0 aliphatic heterocycles. The second-order valence-electron chi connectivity index (χ2n) is 6.80. The van der Waals surface area contributed by atoms with E-state index in [1.54, 1.807) is 7.05 Å². The summed E-state index contributed by atoms with van der Waals surface area (Å²) >= 11 is 5.97. The number of carbonyl (C=O) groups is 1. The summed E-state index contributed by atoms with van der Waals surface area (Å²) in [6.07, 6.45) is 7.51. The summed E-state index contributed by atoms with van der Waals surface area (Å²) in [6, 6.07) is 1.61. The molecule has 9 heteroatoms. The van der Waals surface area contributed by atoms with Gasteiger partial charge >= 0.3 is 6.03 Å². The Hall–Kier alpha value is -2.06. The van der Waals surface area contributed by atoms with Crippen molar-refractivity contribution < 1.29 is 9.00 Å². The Kier molecular flexibility index (Phi) is 4.19. The first-order valence-corrected chi connectivity index (χ1v) is 10.5. The maximum atomic E-state index is 12.6. The van der Waals surface area contributed by atoms with Crippen LogP contribution in [0.5, 0.6) is 0 Å². The molecule has 2 aliphatic carbocycles. The van der Waals surface area contributed by atoms with Crippen LogP contribution in [0.3, 0.4) is 0 Å². The Morgan fingerprint density at radius 1 is 1.23 bits per heavy atom. The van der Waals surface area contributed by atoms with E-state index in [9.17, 15) is 9.00 Å². The van der Waals surface area contributed by atoms with Crippen molar-refractivity contribution in [2.24, 2.45) is 7.05 Å². The summed E-state index contributed by atoms with van der Waals surface area (Å²) in [5.41, 5.74) is 5.77. The average Bonchev–Trinajstić information content (AvgIpc) is 3.26. The van der Waals surface area contributed by atoms with Crippen molar-refractivity contribution in [2.75, 3.05) is 5.32 Å². The molecule has 0 saturated carbocycles. The van der Waals surface area contributed by atoms with E-state index in [4.69, 9.17) is 16.4 Å². The molecule has 2 aromatic rings. The number of anilines is 1. The van der Waals surface area contributed by atoms with E-state index in [1.807, 2.05) is 0 Å². The molecular formula is C17H20ClN5O2S.